The number of aromatic nitrogens is 1. The minimum Gasteiger partial charge on any atom is -0.351 e. The number of fused-ring (bicyclic) bond motifs is 2. The van der Waals surface area contributed by atoms with Crippen molar-refractivity contribution < 1.29 is 4.79 Å². The van der Waals surface area contributed by atoms with Crippen LogP contribution in [0.2, 0.25) is 0 Å². The molecule has 1 aliphatic rings. The molecular weight excluding hydrogens is 396 g/mol. The van der Waals surface area contributed by atoms with Gasteiger partial charge in [-0.25, -0.2) is 4.98 Å². The van der Waals surface area contributed by atoms with Gasteiger partial charge in [0.1, 0.15) is 5.82 Å². The van der Waals surface area contributed by atoms with Crippen molar-refractivity contribution in [2.24, 2.45) is 5.10 Å². The minimum atomic E-state index is 0.750. The standard InChI is InChI=1S/C24H27N3.C3H7NO/c1-14-9-16(3)19-7-6-8-22(21(19)12-14)26-27-23-13-17(4)20-11-15(2)10-18(5)24(20)25-23;1-4(2)3-5/h9-13H,6-8H2,1-5H3,(H,25,27);3H,1-2H3/b26-22+;. The lowest BCUT2D eigenvalue weighted by molar-refractivity contribution is -0.115. The van der Waals surface area contributed by atoms with E-state index in [1.54, 1.807) is 14.1 Å². The van der Waals surface area contributed by atoms with Gasteiger partial charge in [-0.05, 0) is 94.3 Å². The molecule has 1 aliphatic carbocycles. The SMILES string of the molecule is CN(C)C=O.Cc1cc(C)c2c(c1)/C(=N/Nc1cc(C)c3cc(C)cc(C)c3n1)CCC2. The number of carbonyl (C=O) groups excluding carboxylic acids is 1. The van der Waals surface area contributed by atoms with Gasteiger partial charge in [-0.1, -0.05) is 23.3 Å². The van der Waals surface area contributed by atoms with Crippen LogP contribution in [0.1, 0.15) is 51.8 Å². The number of anilines is 1. The minimum absolute atomic E-state index is 0.750. The fraction of sp³-hybridized carbons (Fsp3) is 0.370. The van der Waals surface area contributed by atoms with Gasteiger partial charge in [-0.2, -0.15) is 5.10 Å². The molecule has 168 valence electrons. The summed E-state index contributed by atoms with van der Waals surface area (Å²) in [7, 11) is 3.38. The number of amides is 1. The van der Waals surface area contributed by atoms with E-state index in [0.717, 1.165) is 42.7 Å². The number of benzene rings is 2. The lowest BCUT2D eigenvalue weighted by atomic mass is 9.86. The number of aryl methyl sites for hydroxylation is 5. The van der Waals surface area contributed by atoms with E-state index in [0.29, 0.717) is 0 Å². The van der Waals surface area contributed by atoms with Crippen molar-refractivity contribution in [3.05, 3.63) is 69.3 Å². The number of pyridine rings is 1. The zero-order chi connectivity index (χ0) is 23.4. The summed E-state index contributed by atoms with van der Waals surface area (Å²) in [4.78, 5) is 15.7. The molecule has 0 atom stereocenters. The van der Waals surface area contributed by atoms with E-state index in [1.807, 2.05) is 0 Å². The summed E-state index contributed by atoms with van der Waals surface area (Å²) in [5.74, 6) is 0.816. The molecule has 1 aromatic heterocycles. The summed E-state index contributed by atoms with van der Waals surface area (Å²) in [6.07, 6.45) is 4.06. The molecule has 0 aliphatic heterocycles. The molecule has 0 fully saturated rings. The Morgan fingerprint density at radius 1 is 0.906 bits per heavy atom. The summed E-state index contributed by atoms with van der Waals surface area (Å²) >= 11 is 0. The molecule has 4 rings (SSSR count). The predicted molar refractivity (Wildman–Crippen MR) is 135 cm³/mol. The lowest BCUT2D eigenvalue weighted by Gasteiger charge is -2.21. The van der Waals surface area contributed by atoms with Crippen molar-refractivity contribution in [3.8, 4) is 0 Å². The zero-order valence-corrected chi connectivity index (χ0v) is 20.3. The van der Waals surface area contributed by atoms with Crippen LogP contribution < -0.4 is 5.43 Å². The van der Waals surface area contributed by atoms with Gasteiger partial charge >= 0.3 is 0 Å². The van der Waals surface area contributed by atoms with E-state index in [1.165, 1.54) is 49.2 Å². The molecule has 32 heavy (non-hydrogen) atoms. The van der Waals surface area contributed by atoms with Crippen molar-refractivity contribution in [2.45, 2.75) is 53.9 Å². The number of hydrogen-bond donors (Lipinski definition) is 1. The van der Waals surface area contributed by atoms with Gasteiger partial charge < -0.3 is 4.90 Å². The molecule has 0 saturated heterocycles. The van der Waals surface area contributed by atoms with Crippen LogP contribution in [0.5, 0.6) is 0 Å². The average Bonchev–Trinajstić information content (AvgIpc) is 2.73. The summed E-state index contributed by atoms with van der Waals surface area (Å²) in [5, 5.41) is 6.00. The highest BCUT2D eigenvalue weighted by atomic mass is 16.1. The Morgan fingerprint density at radius 2 is 1.56 bits per heavy atom. The second kappa shape index (κ2) is 9.94. The molecule has 5 heteroatoms. The van der Waals surface area contributed by atoms with Crippen LogP contribution in [-0.4, -0.2) is 36.1 Å². The van der Waals surface area contributed by atoms with Crippen molar-refractivity contribution >= 4 is 28.8 Å². The maximum atomic E-state index is 9.43. The molecule has 0 radical (unpaired) electrons. The first-order valence-electron chi connectivity index (χ1n) is 11.1. The lowest BCUT2D eigenvalue weighted by Crippen LogP contribution is -2.15. The third kappa shape index (κ3) is 5.34. The van der Waals surface area contributed by atoms with Crippen LogP contribution in [-0.2, 0) is 11.2 Å². The van der Waals surface area contributed by atoms with Crippen LogP contribution in [0.3, 0.4) is 0 Å². The highest BCUT2D eigenvalue weighted by Gasteiger charge is 2.18. The molecule has 2 aromatic carbocycles. The van der Waals surface area contributed by atoms with Crippen molar-refractivity contribution in [2.75, 3.05) is 19.5 Å². The maximum absolute atomic E-state index is 9.43. The predicted octanol–water partition coefficient (Wildman–Crippen LogP) is 5.63. The fourth-order valence-corrected chi connectivity index (χ4v) is 4.30. The quantitative estimate of drug-likeness (QED) is 0.432. The molecule has 0 bridgehead atoms. The van der Waals surface area contributed by atoms with Gasteiger partial charge in [0.25, 0.3) is 0 Å². The van der Waals surface area contributed by atoms with Gasteiger partial charge in [0.15, 0.2) is 0 Å². The van der Waals surface area contributed by atoms with Crippen molar-refractivity contribution in [1.29, 1.82) is 0 Å². The Kier molecular flexibility index (Phi) is 7.29. The molecule has 5 nitrogen and oxygen atoms in total. The smallest absolute Gasteiger partial charge is 0.209 e. The van der Waals surface area contributed by atoms with Crippen LogP contribution in [0.25, 0.3) is 10.9 Å². The number of carbonyl (C=O) groups is 1. The van der Waals surface area contributed by atoms with Gasteiger partial charge in [0.05, 0.1) is 11.2 Å². The number of hydrogen-bond acceptors (Lipinski definition) is 4. The Bertz CT molecular complexity index is 1180. The third-order valence-corrected chi connectivity index (χ3v) is 5.74. The Balaban J connectivity index is 0.000000523. The van der Waals surface area contributed by atoms with Gasteiger partial charge in [0, 0.05) is 25.0 Å². The second-order valence-electron chi connectivity index (χ2n) is 9.00. The van der Waals surface area contributed by atoms with Crippen molar-refractivity contribution in [3.63, 3.8) is 0 Å². The first-order chi connectivity index (χ1) is 15.2. The monoisotopic (exact) mass is 430 g/mol. The summed E-state index contributed by atoms with van der Waals surface area (Å²) in [5.41, 5.74) is 14.6. The Labute approximate surface area is 191 Å². The summed E-state index contributed by atoms with van der Waals surface area (Å²) in [6.45, 7) is 10.8. The average molecular weight is 431 g/mol. The van der Waals surface area contributed by atoms with Crippen LogP contribution in [0.4, 0.5) is 5.82 Å². The van der Waals surface area contributed by atoms with Gasteiger partial charge in [-0.3, -0.25) is 10.2 Å². The molecule has 0 spiro atoms. The van der Waals surface area contributed by atoms with E-state index in [-0.39, 0.29) is 0 Å². The highest BCUT2D eigenvalue weighted by molar-refractivity contribution is 6.03. The Hall–Kier alpha value is -3.21. The topological polar surface area (TPSA) is 57.6 Å². The first-order valence-corrected chi connectivity index (χ1v) is 11.1. The van der Waals surface area contributed by atoms with Crippen molar-refractivity contribution in [1.82, 2.24) is 9.88 Å². The normalized spacial score (nSPS) is 13.9. The second-order valence-corrected chi connectivity index (χ2v) is 9.00. The van der Waals surface area contributed by atoms with E-state index < -0.39 is 0 Å². The molecule has 1 heterocycles. The number of hydrazone groups is 1. The van der Waals surface area contributed by atoms with E-state index in [9.17, 15) is 4.79 Å². The number of nitrogens with zero attached hydrogens (tertiary/aromatic N) is 3. The Morgan fingerprint density at radius 3 is 2.25 bits per heavy atom. The fourth-order valence-electron chi connectivity index (χ4n) is 4.30. The third-order valence-electron chi connectivity index (χ3n) is 5.74. The summed E-state index contributed by atoms with van der Waals surface area (Å²) < 4.78 is 0. The highest BCUT2D eigenvalue weighted by Crippen LogP contribution is 2.27. The van der Waals surface area contributed by atoms with E-state index >= 15 is 0 Å². The number of rotatable bonds is 3. The zero-order valence-electron chi connectivity index (χ0n) is 20.3. The molecule has 0 unspecified atom stereocenters. The molecule has 1 amide bonds. The number of nitrogens with one attached hydrogen (secondary N) is 1. The van der Waals surface area contributed by atoms with E-state index in [4.69, 9.17) is 10.1 Å². The van der Waals surface area contributed by atoms with Crippen LogP contribution >= 0.6 is 0 Å². The largest absolute Gasteiger partial charge is 0.351 e. The van der Waals surface area contributed by atoms with Crippen LogP contribution in [0.15, 0.2) is 35.4 Å². The molecule has 3 aromatic rings. The molecular formula is C27H34N4O. The summed E-state index contributed by atoms with van der Waals surface area (Å²) in [6, 6.07) is 11.0. The van der Waals surface area contributed by atoms with E-state index in [2.05, 4.69) is 70.4 Å². The first kappa shape index (κ1) is 23.5. The van der Waals surface area contributed by atoms with Gasteiger partial charge in [-0.15, -0.1) is 0 Å². The maximum Gasteiger partial charge on any atom is 0.209 e. The van der Waals surface area contributed by atoms with Crippen LogP contribution in [0, 0.1) is 34.6 Å². The molecule has 0 saturated carbocycles. The van der Waals surface area contributed by atoms with Gasteiger partial charge in [0.2, 0.25) is 6.41 Å². The molecule has 1 N–H and O–H groups in total.